The van der Waals surface area contributed by atoms with Crippen molar-refractivity contribution in [2.45, 2.75) is 12.8 Å². The lowest BCUT2D eigenvalue weighted by atomic mass is 9.88. The number of aromatic nitrogens is 2. The molecule has 0 atom stereocenters. The zero-order valence-corrected chi connectivity index (χ0v) is 15.2. The number of nitrogens with one attached hydrogen (secondary N) is 1. The molecule has 1 aromatic heterocycles. The molecule has 0 bridgehead atoms. The van der Waals surface area contributed by atoms with Gasteiger partial charge in [0.05, 0.1) is 17.4 Å². The summed E-state index contributed by atoms with van der Waals surface area (Å²) in [6.45, 7) is 3.01. The molecule has 1 aliphatic heterocycles. The Bertz CT molecular complexity index is 875. The number of piperidine rings is 1. The minimum Gasteiger partial charge on any atom is -0.507 e. The van der Waals surface area contributed by atoms with Gasteiger partial charge in [-0.3, -0.25) is 9.59 Å². The number of nitrogens with zero attached hydrogens (tertiary/aromatic N) is 3. The van der Waals surface area contributed by atoms with E-state index >= 15 is 0 Å². The van der Waals surface area contributed by atoms with Gasteiger partial charge in [0.15, 0.2) is 5.78 Å². The van der Waals surface area contributed by atoms with Crippen molar-refractivity contribution in [1.82, 2.24) is 14.7 Å². The Hall–Kier alpha value is -2.74. The molecular weight excluding hydrogens is 351 g/mol. The maximum Gasteiger partial charge on any atom is 0.268 e. The minimum atomic E-state index is -0.558. The van der Waals surface area contributed by atoms with Gasteiger partial charge in [-0.15, -0.1) is 0 Å². The van der Waals surface area contributed by atoms with E-state index in [0.717, 1.165) is 25.7 Å². The zero-order chi connectivity index (χ0) is 19.4. The van der Waals surface area contributed by atoms with Crippen molar-refractivity contribution >= 4 is 11.5 Å². The average Bonchev–Trinajstić information content (AvgIpc) is 2.65. The predicted molar refractivity (Wildman–Crippen MR) is 99.5 cm³/mol. The van der Waals surface area contributed by atoms with Crippen molar-refractivity contribution in [2.75, 3.05) is 31.5 Å². The lowest BCUT2D eigenvalue weighted by molar-refractivity contribution is 0.0840. The molecule has 144 valence electrons. The Morgan fingerprint density at radius 3 is 2.74 bits per heavy atom. The van der Waals surface area contributed by atoms with Crippen LogP contribution in [0.25, 0.3) is 0 Å². The maximum atomic E-state index is 13.1. The van der Waals surface area contributed by atoms with E-state index in [9.17, 15) is 19.1 Å². The van der Waals surface area contributed by atoms with E-state index in [1.165, 1.54) is 22.9 Å². The number of phenols is 1. The zero-order valence-electron chi connectivity index (χ0n) is 15.2. The predicted octanol–water partition coefficient (Wildman–Crippen LogP) is 1.63. The van der Waals surface area contributed by atoms with Crippen LogP contribution in [0.1, 0.15) is 23.2 Å². The van der Waals surface area contributed by atoms with Gasteiger partial charge in [-0.05, 0) is 38.1 Å². The lowest BCUT2D eigenvalue weighted by Crippen LogP contribution is -2.38. The smallest absolute Gasteiger partial charge is 0.268 e. The normalized spacial score (nSPS) is 15.6. The Morgan fingerprint density at radius 2 is 2.07 bits per heavy atom. The van der Waals surface area contributed by atoms with Crippen LogP contribution in [0.3, 0.4) is 0 Å². The second kappa shape index (κ2) is 8.30. The quantitative estimate of drug-likeness (QED) is 0.748. The third-order valence-electron chi connectivity index (χ3n) is 4.91. The van der Waals surface area contributed by atoms with E-state index in [1.54, 1.807) is 13.2 Å². The van der Waals surface area contributed by atoms with Crippen LogP contribution in [0.15, 0.2) is 35.3 Å². The van der Waals surface area contributed by atoms with Gasteiger partial charge in [-0.1, -0.05) is 0 Å². The molecule has 2 aromatic rings. The van der Waals surface area contributed by atoms with E-state index in [1.807, 2.05) is 0 Å². The molecule has 0 amide bonds. The molecular formula is C19H23FN4O3. The average molecular weight is 374 g/mol. The lowest BCUT2D eigenvalue weighted by Gasteiger charge is -2.31. The van der Waals surface area contributed by atoms with Crippen LogP contribution in [-0.4, -0.2) is 51.7 Å². The van der Waals surface area contributed by atoms with Crippen molar-refractivity contribution in [1.29, 1.82) is 0 Å². The summed E-state index contributed by atoms with van der Waals surface area (Å²) < 4.78 is 14.4. The summed E-state index contributed by atoms with van der Waals surface area (Å²) in [5.41, 5.74) is 0.716. The van der Waals surface area contributed by atoms with Crippen LogP contribution in [0.4, 0.5) is 10.1 Å². The summed E-state index contributed by atoms with van der Waals surface area (Å²) in [5, 5.41) is 16.9. The molecule has 1 aromatic carbocycles. The van der Waals surface area contributed by atoms with Crippen LogP contribution in [0, 0.1) is 11.7 Å². The highest BCUT2D eigenvalue weighted by atomic mass is 19.1. The molecule has 3 rings (SSSR count). The number of likely N-dealkylation sites (tertiary alicyclic amines) is 1. The van der Waals surface area contributed by atoms with Gasteiger partial charge in [0.25, 0.3) is 5.56 Å². The van der Waals surface area contributed by atoms with Gasteiger partial charge in [-0.25, -0.2) is 9.07 Å². The first kappa shape index (κ1) is 19.0. The van der Waals surface area contributed by atoms with Crippen molar-refractivity contribution in [3.8, 4) is 5.75 Å². The van der Waals surface area contributed by atoms with Gasteiger partial charge < -0.3 is 15.3 Å². The maximum absolute atomic E-state index is 13.1. The summed E-state index contributed by atoms with van der Waals surface area (Å²) in [5.74, 6) is -1.14. The molecule has 0 spiro atoms. The minimum absolute atomic E-state index is 0.128. The molecule has 0 radical (unpaired) electrons. The van der Waals surface area contributed by atoms with E-state index < -0.39 is 5.82 Å². The van der Waals surface area contributed by atoms with Crippen molar-refractivity contribution in [3.63, 3.8) is 0 Å². The SMILES string of the molecule is Cn1ncc(NCCN2CCC(C(=O)c3ccc(F)cc3O)CC2)cc1=O. The number of aromatic hydroxyl groups is 1. The standard InChI is InChI=1S/C19H23FN4O3/c1-23-18(26)11-15(12-22-23)21-6-9-24-7-4-13(5-8-24)19(27)16-3-2-14(20)10-17(16)25/h2-3,10-13,21,25H,4-9H2,1H3. The second-order valence-corrected chi connectivity index (χ2v) is 6.77. The van der Waals surface area contributed by atoms with E-state index in [0.29, 0.717) is 25.1 Å². The molecule has 1 fully saturated rings. The van der Waals surface area contributed by atoms with Gasteiger partial charge in [0.2, 0.25) is 0 Å². The fourth-order valence-electron chi connectivity index (χ4n) is 3.28. The van der Waals surface area contributed by atoms with Gasteiger partial charge in [0, 0.05) is 38.2 Å². The Labute approximate surface area is 156 Å². The highest BCUT2D eigenvalue weighted by Crippen LogP contribution is 2.26. The molecule has 2 heterocycles. The largest absolute Gasteiger partial charge is 0.507 e. The van der Waals surface area contributed by atoms with E-state index in [2.05, 4.69) is 15.3 Å². The highest BCUT2D eigenvalue weighted by molar-refractivity contribution is 6.00. The topological polar surface area (TPSA) is 87.5 Å². The summed E-state index contributed by atoms with van der Waals surface area (Å²) in [6.07, 6.45) is 3.01. The fourth-order valence-corrected chi connectivity index (χ4v) is 3.28. The van der Waals surface area contributed by atoms with Crippen LogP contribution in [0.2, 0.25) is 0 Å². The molecule has 2 N–H and O–H groups in total. The monoisotopic (exact) mass is 374 g/mol. The number of hydrogen-bond acceptors (Lipinski definition) is 6. The summed E-state index contributed by atoms with van der Waals surface area (Å²) in [7, 11) is 1.60. The first-order valence-electron chi connectivity index (χ1n) is 8.96. The summed E-state index contributed by atoms with van der Waals surface area (Å²) >= 11 is 0. The number of halogens is 1. The van der Waals surface area contributed by atoms with Crippen LogP contribution in [-0.2, 0) is 7.05 Å². The van der Waals surface area contributed by atoms with Gasteiger partial charge in [0.1, 0.15) is 11.6 Å². The Morgan fingerprint density at radius 1 is 1.33 bits per heavy atom. The third kappa shape index (κ3) is 4.71. The molecule has 0 unspecified atom stereocenters. The van der Waals surface area contributed by atoms with Crippen molar-refractivity contribution < 1.29 is 14.3 Å². The Kier molecular flexibility index (Phi) is 5.85. The first-order valence-corrected chi connectivity index (χ1v) is 8.96. The molecule has 1 aliphatic rings. The summed E-state index contributed by atoms with van der Waals surface area (Å²) in [6, 6.07) is 5.02. The number of benzene rings is 1. The third-order valence-corrected chi connectivity index (χ3v) is 4.91. The van der Waals surface area contributed by atoms with Gasteiger partial charge in [-0.2, -0.15) is 5.10 Å². The van der Waals surface area contributed by atoms with Crippen molar-refractivity contribution in [2.24, 2.45) is 13.0 Å². The number of aryl methyl sites for hydroxylation is 1. The number of anilines is 1. The van der Waals surface area contributed by atoms with Crippen LogP contribution < -0.4 is 10.9 Å². The van der Waals surface area contributed by atoms with Gasteiger partial charge >= 0.3 is 0 Å². The van der Waals surface area contributed by atoms with Crippen LogP contribution >= 0.6 is 0 Å². The molecule has 8 heteroatoms. The summed E-state index contributed by atoms with van der Waals surface area (Å²) in [4.78, 5) is 26.3. The number of hydrogen-bond donors (Lipinski definition) is 2. The molecule has 0 aliphatic carbocycles. The number of phenolic OH excluding ortho intramolecular Hbond substituents is 1. The van der Waals surface area contributed by atoms with E-state index in [-0.39, 0.29) is 28.6 Å². The van der Waals surface area contributed by atoms with Crippen molar-refractivity contribution in [3.05, 3.63) is 52.2 Å². The number of Topliss-reactive ketones (excluding diaryl/α,β-unsaturated/α-hetero) is 1. The number of carbonyl (C=O) groups is 1. The number of ketones is 1. The molecule has 1 saturated heterocycles. The number of carbonyl (C=O) groups excluding carboxylic acids is 1. The highest BCUT2D eigenvalue weighted by Gasteiger charge is 2.27. The fraction of sp³-hybridized carbons (Fsp3) is 0.421. The first-order chi connectivity index (χ1) is 12.9. The Balaban J connectivity index is 1.46. The van der Waals surface area contributed by atoms with Crippen LogP contribution in [0.5, 0.6) is 5.75 Å². The number of rotatable bonds is 6. The van der Waals surface area contributed by atoms with E-state index in [4.69, 9.17) is 0 Å². The molecule has 0 saturated carbocycles. The second-order valence-electron chi connectivity index (χ2n) is 6.77. The molecule has 27 heavy (non-hydrogen) atoms. The molecule has 7 nitrogen and oxygen atoms in total.